The van der Waals surface area contributed by atoms with Crippen molar-refractivity contribution in [2.75, 3.05) is 6.54 Å². The van der Waals surface area contributed by atoms with Crippen molar-refractivity contribution in [1.29, 1.82) is 0 Å². The Bertz CT molecular complexity index is 163. The lowest BCUT2D eigenvalue weighted by Gasteiger charge is -2.06. The summed E-state index contributed by atoms with van der Waals surface area (Å²) >= 11 is 0. The molecule has 5 heteroatoms. The van der Waals surface area contributed by atoms with Gasteiger partial charge >= 0.3 is 5.97 Å². The second kappa shape index (κ2) is 4.68. The zero-order valence-corrected chi connectivity index (χ0v) is 6.57. The number of rotatable bonds is 4. The van der Waals surface area contributed by atoms with Gasteiger partial charge in [0.05, 0.1) is 5.71 Å². The van der Waals surface area contributed by atoms with Gasteiger partial charge < -0.3 is 15.7 Å². The molecule has 0 aromatic carbocycles. The van der Waals surface area contributed by atoms with Crippen molar-refractivity contribution < 1.29 is 14.7 Å². The Morgan fingerprint density at radius 3 is 2.55 bits per heavy atom. The molecule has 0 fully saturated rings. The van der Waals surface area contributed by atoms with Crippen LogP contribution in [0.25, 0.3) is 0 Å². The summed E-state index contributed by atoms with van der Waals surface area (Å²) in [6, 6.07) is 0. The molecule has 0 saturated carbocycles. The average Bonchev–Trinajstić information content (AvgIpc) is 1.87. The van der Waals surface area contributed by atoms with Gasteiger partial charge in [0.1, 0.15) is 0 Å². The fraction of sp³-hybridized carbons (Fsp3) is 0.667. The normalized spacial score (nSPS) is 11.9. The average molecular weight is 160 g/mol. The van der Waals surface area contributed by atoms with E-state index in [1.807, 2.05) is 0 Å². The summed E-state index contributed by atoms with van der Waals surface area (Å²) in [5.74, 6) is -1.10. The summed E-state index contributed by atoms with van der Waals surface area (Å²) in [4.78, 5) is 14.8. The van der Waals surface area contributed by atoms with Crippen LogP contribution in [0.1, 0.15) is 13.8 Å². The molecule has 64 valence electrons. The molecular formula is C6H12N2O3. The van der Waals surface area contributed by atoms with E-state index in [9.17, 15) is 4.79 Å². The van der Waals surface area contributed by atoms with Gasteiger partial charge in [0, 0.05) is 6.54 Å². The van der Waals surface area contributed by atoms with Gasteiger partial charge in [-0.2, -0.15) is 0 Å². The van der Waals surface area contributed by atoms with Crippen molar-refractivity contribution in [3.8, 4) is 0 Å². The van der Waals surface area contributed by atoms with Crippen molar-refractivity contribution in [3.05, 3.63) is 0 Å². The SMILES string of the molecule is CC(C)=NOC(CN)C(=O)O. The maximum atomic E-state index is 10.3. The lowest BCUT2D eigenvalue weighted by atomic mass is 10.4. The van der Waals surface area contributed by atoms with E-state index in [-0.39, 0.29) is 6.54 Å². The Labute approximate surface area is 64.8 Å². The minimum Gasteiger partial charge on any atom is -0.478 e. The molecule has 0 aliphatic heterocycles. The molecule has 0 aliphatic carbocycles. The smallest absolute Gasteiger partial charge is 0.349 e. The van der Waals surface area contributed by atoms with Gasteiger partial charge in [-0.25, -0.2) is 4.79 Å². The van der Waals surface area contributed by atoms with Crippen LogP contribution in [0.5, 0.6) is 0 Å². The highest BCUT2D eigenvalue weighted by Gasteiger charge is 2.15. The van der Waals surface area contributed by atoms with Crippen molar-refractivity contribution in [2.24, 2.45) is 10.9 Å². The molecule has 0 heterocycles. The third-order valence-electron chi connectivity index (χ3n) is 0.852. The number of nitrogens with zero attached hydrogens (tertiary/aromatic N) is 1. The van der Waals surface area contributed by atoms with Crippen LogP contribution in [-0.4, -0.2) is 29.4 Å². The zero-order chi connectivity index (χ0) is 8.85. The molecule has 3 N–H and O–H groups in total. The van der Waals surface area contributed by atoms with E-state index in [0.29, 0.717) is 5.71 Å². The standard InChI is InChI=1S/C6H12N2O3/c1-4(2)8-11-5(3-7)6(9)10/h5H,3,7H2,1-2H3,(H,9,10). The predicted octanol–water partition coefficient (Wildman–Crippen LogP) is -0.189. The van der Waals surface area contributed by atoms with E-state index in [1.165, 1.54) is 0 Å². The van der Waals surface area contributed by atoms with Crippen LogP contribution in [0, 0.1) is 0 Å². The Kier molecular flexibility index (Phi) is 4.21. The molecule has 0 rings (SSSR count). The predicted molar refractivity (Wildman–Crippen MR) is 40.3 cm³/mol. The molecular weight excluding hydrogens is 148 g/mol. The number of carboxylic acids is 1. The van der Waals surface area contributed by atoms with E-state index < -0.39 is 12.1 Å². The third kappa shape index (κ3) is 4.32. The lowest BCUT2D eigenvalue weighted by Crippen LogP contribution is -2.30. The van der Waals surface area contributed by atoms with E-state index in [2.05, 4.69) is 9.99 Å². The van der Waals surface area contributed by atoms with Gasteiger partial charge in [-0.15, -0.1) is 0 Å². The van der Waals surface area contributed by atoms with E-state index in [1.54, 1.807) is 13.8 Å². The van der Waals surface area contributed by atoms with Crippen LogP contribution in [0.4, 0.5) is 0 Å². The zero-order valence-electron chi connectivity index (χ0n) is 6.57. The van der Waals surface area contributed by atoms with E-state index in [4.69, 9.17) is 10.8 Å². The van der Waals surface area contributed by atoms with E-state index >= 15 is 0 Å². The molecule has 5 nitrogen and oxygen atoms in total. The second-order valence-electron chi connectivity index (χ2n) is 2.21. The first-order valence-corrected chi connectivity index (χ1v) is 3.17. The number of carboxylic acid groups (broad SMARTS) is 1. The summed E-state index contributed by atoms with van der Waals surface area (Å²) in [5.41, 5.74) is 5.74. The van der Waals surface area contributed by atoms with Crippen molar-refractivity contribution >= 4 is 11.7 Å². The van der Waals surface area contributed by atoms with Crippen molar-refractivity contribution in [3.63, 3.8) is 0 Å². The van der Waals surface area contributed by atoms with Crippen LogP contribution in [0.15, 0.2) is 5.16 Å². The molecule has 0 spiro atoms. The number of carbonyl (C=O) groups is 1. The van der Waals surface area contributed by atoms with Gasteiger partial charge in [0.15, 0.2) is 0 Å². The fourth-order valence-corrected chi connectivity index (χ4v) is 0.358. The quantitative estimate of drug-likeness (QED) is 0.441. The van der Waals surface area contributed by atoms with Gasteiger partial charge in [-0.1, -0.05) is 5.16 Å². The Morgan fingerprint density at radius 1 is 1.73 bits per heavy atom. The Hall–Kier alpha value is -1.10. The number of oxime groups is 1. The number of aliphatic carboxylic acids is 1. The number of nitrogens with two attached hydrogens (primary N) is 1. The van der Waals surface area contributed by atoms with Gasteiger partial charge in [-0.05, 0) is 13.8 Å². The topological polar surface area (TPSA) is 84.9 Å². The molecule has 0 saturated heterocycles. The molecule has 0 amide bonds. The van der Waals surface area contributed by atoms with Crippen molar-refractivity contribution in [2.45, 2.75) is 20.0 Å². The highest BCUT2D eigenvalue weighted by molar-refractivity contribution is 5.78. The van der Waals surface area contributed by atoms with Crippen LogP contribution in [-0.2, 0) is 9.63 Å². The molecule has 0 bridgehead atoms. The van der Waals surface area contributed by atoms with Crippen LogP contribution < -0.4 is 5.73 Å². The van der Waals surface area contributed by atoms with Crippen LogP contribution >= 0.6 is 0 Å². The Morgan fingerprint density at radius 2 is 2.27 bits per heavy atom. The summed E-state index contributed by atoms with van der Waals surface area (Å²) in [5, 5.41) is 11.9. The maximum absolute atomic E-state index is 10.3. The largest absolute Gasteiger partial charge is 0.478 e. The molecule has 11 heavy (non-hydrogen) atoms. The Balaban J connectivity index is 3.89. The highest BCUT2D eigenvalue weighted by atomic mass is 16.6. The van der Waals surface area contributed by atoms with Gasteiger partial charge in [0.2, 0.25) is 6.10 Å². The first kappa shape index (κ1) is 9.90. The first-order chi connectivity index (χ1) is 5.07. The lowest BCUT2D eigenvalue weighted by molar-refractivity contribution is -0.149. The minimum absolute atomic E-state index is 0.0773. The molecule has 1 atom stereocenters. The highest BCUT2D eigenvalue weighted by Crippen LogP contribution is 1.91. The van der Waals surface area contributed by atoms with Crippen molar-refractivity contribution in [1.82, 2.24) is 0 Å². The molecule has 0 aromatic rings. The van der Waals surface area contributed by atoms with E-state index in [0.717, 1.165) is 0 Å². The molecule has 1 unspecified atom stereocenters. The van der Waals surface area contributed by atoms with Gasteiger partial charge in [0.25, 0.3) is 0 Å². The number of hydrogen-bond acceptors (Lipinski definition) is 4. The summed E-state index contributed by atoms with van der Waals surface area (Å²) < 4.78 is 0. The fourth-order valence-electron chi connectivity index (χ4n) is 0.358. The molecule has 0 aromatic heterocycles. The summed E-state index contributed by atoms with van der Waals surface area (Å²) in [6.45, 7) is 3.33. The first-order valence-electron chi connectivity index (χ1n) is 3.17. The molecule has 0 radical (unpaired) electrons. The minimum atomic E-state index is -1.10. The second-order valence-corrected chi connectivity index (χ2v) is 2.21. The van der Waals surface area contributed by atoms with Crippen LogP contribution in [0.2, 0.25) is 0 Å². The maximum Gasteiger partial charge on any atom is 0.349 e. The summed E-state index contributed by atoms with van der Waals surface area (Å²) in [6.07, 6.45) is -1.04. The third-order valence-corrected chi connectivity index (χ3v) is 0.852. The monoisotopic (exact) mass is 160 g/mol. The number of hydrogen-bond donors (Lipinski definition) is 2. The van der Waals surface area contributed by atoms with Gasteiger partial charge in [-0.3, -0.25) is 0 Å². The molecule has 0 aliphatic rings. The summed E-state index contributed by atoms with van der Waals surface area (Å²) in [7, 11) is 0. The van der Waals surface area contributed by atoms with Crippen LogP contribution in [0.3, 0.4) is 0 Å².